The van der Waals surface area contributed by atoms with E-state index in [1.165, 1.54) is 0 Å². The van der Waals surface area contributed by atoms with Gasteiger partial charge in [0.2, 0.25) is 0 Å². The van der Waals surface area contributed by atoms with Crippen molar-refractivity contribution in [3.05, 3.63) is 47.2 Å². The number of amides is 2. The van der Waals surface area contributed by atoms with Crippen LogP contribution in [0.1, 0.15) is 18.5 Å². The van der Waals surface area contributed by atoms with Crippen LogP contribution in [-0.4, -0.2) is 22.3 Å². The molecule has 1 heterocycles. The summed E-state index contributed by atoms with van der Waals surface area (Å²) >= 11 is 6.66. The van der Waals surface area contributed by atoms with Gasteiger partial charge in [-0.25, -0.2) is 9.59 Å². The summed E-state index contributed by atoms with van der Waals surface area (Å²) in [7, 11) is 0. The van der Waals surface area contributed by atoms with Crippen molar-refractivity contribution < 1.29 is 14.3 Å². The molecule has 2 amide bonds. The number of carbonyl (C=O) groups excluding carboxylic acids is 2. The van der Waals surface area contributed by atoms with E-state index in [1.807, 2.05) is 30.3 Å². The molecule has 1 aromatic carbocycles. The third-order valence-corrected chi connectivity index (χ3v) is 3.86. The number of hydrogen-bond donors (Lipinski definition) is 2. The number of alkyl halides is 2. The Labute approximate surface area is 139 Å². The lowest BCUT2D eigenvalue weighted by atomic mass is 9.96. The summed E-state index contributed by atoms with van der Waals surface area (Å²) in [4.78, 5) is 24.1. The highest BCUT2D eigenvalue weighted by atomic mass is 79.9. The van der Waals surface area contributed by atoms with Crippen LogP contribution in [0.2, 0.25) is 0 Å². The summed E-state index contributed by atoms with van der Waals surface area (Å²) < 4.78 is 4.76. The van der Waals surface area contributed by atoms with E-state index in [1.54, 1.807) is 6.92 Å². The predicted octanol–water partition coefficient (Wildman–Crippen LogP) is 2.97. The molecule has 0 radical (unpaired) electrons. The van der Waals surface area contributed by atoms with Crippen molar-refractivity contribution in [2.24, 2.45) is 0 Å². The molecule has 1 aromatic rings. The molecule has 0 bridgehead atoms. The smallest absolute Gasteiger partial charge is 0.338 e. The molecule has 2 rings (SSSR count). The first-order chi connectivity index (χ1) is 10.0. The van der Waals surface area contributed by atoms with E-state index in [2.05, 4.69) is 42.5 Å². The molecule has 1 aliphatic heterocycles. The minimum atomic E-state index is -0.549. The molecule has 0 unspecified atom stereocenters. The van der Waals surface area contributed by atoms with Crippen LogP contribution >= 0.6 is 31.9 Å². The van der Waals surface area contributed by atoms with Crippen molar-refractivity contribution in [2.45, 2.75) is 16.7 Å². The third-order valence-electron chi connectivity index (χ3n) is 2.95. The molecule has 0 aromatic heterocycles. The minimum Gasteiger partial charge on any atom is -0.463 e. The Morgan fingerprint density at radius 1 is 1.33 bits per heavy atom. The van der Waals surface area contributed by atoms with Gasteiger partial charge in [0.15, 0.2) is 0 Å². The summed E-state index contributed by atoms with van der Waals surface area (Å²) in [5.41, 5.74) is 1.64. The highest BCUT2D eigenvalue weighted by molar-refractivity contribution is 9.24. The van der Waals surface area contributed by atoms with Crippen molar-refractivity contribution in [2.75, 3.05) is 6.61 Å². The van der Waals surface area contributed by atoms with Gasteiger partial charge in [-0.3, -0.25) is 0 Å². The molecule has 1 atom stereocenters. The van der Waals surface area contributed by atoms with Gasteiger partial charge in [-0.2, -0.15) is 0 Å². The van der Waals surface area contributed by atoms with E-state index in [0.717, 1.165) is 5.56 Å². The summed E-state index contributed by atoms with van der Waals surface area (Å²) in [5.74, 6) is -0.460. The van der Waals surface area contributed by atoms with Crippen molar-refractivity contribution in [1.29, 1.82) is 0 Å². The van der Waals surface area contributed by atoms with Gasteiger partial charge in [-0.05, 0) is 12.5 Å². The van der Waals surface area contributed by atoms with Crippen LogP contribution in [-0.2, 0) is 9.53 Å². The first-order valence-electron chi connectivity index (χ1n) is 6.36. The van der Waals surface area contributed by atoms with Gasteiger partial charge in [-0.15, -0.1) is 0 Å². The van der Waals surface area contributed by atoms with E-state index >= 15 is 0 Å². The normalized spacial score (nSPS) is 18.3. The van der Waals surface area contributed by atoms with Crippen LogP contribution in [0.4, 0.5) is 4.79 Å². The van der Waals surface area contributed by atoms with Gasteiger partial charge >= 0.3 is 12.0 Å². The summed E-state index contributed by atoms with van der Waals surface area (Å²) in [6.07, 6.45) is 0. The fraction of sp³-hybridized carbons (Fsp3) is 0.286. The zero-order valence-corrected chi connectivity index (χ0v) is 14.4. The van der Waals surface area contributed by atoms with Crippen molar-refractivity contribution in [3.8, 4) is 0 Å². The zero-order valence-electron chi connectivity index (χ0n) is 11.2. The van der Waals surface area contributed by atoms with Gasteiger partial charge < -0.3 is 15.4 Å². The first-order valence-corrected chi connectivity index (χ1v) is 8.19. The maximum absolute atomic E-state index is 12.3. The van der Waals surface area contributed by atoms with Crippen LogP contribution in [0.3, 0.4) is 0 Å². The lowest BCUT2D eigenvalue weighted by Gasteiger charge is -2.30. The second kappa shape index (κ2) is 7.09. The average molecular weight is 418 g/mol. The monoisotopic (exact) mass is 416 g/mol. The Bertz CT molecular complexity index is 573. The van der Waals surface area contributed by atoms with Crippen LogP contribution in [0.5, 0.6) is 0 Å². The molecule has 0 saturated heterocycles. The van der Waals surface area contributed by atoms with Gasteiger partial charge in [-0.1, -0.05) is 62.2 Å². The van der Waals surface area contributed by atoms with E-state index in [-0.39, 0.29) is 16.4 Å². The van der Waals surface area contributed by atoms with E-state index in [4.69, 9.17) is 4.74 Å². The molecule has 7 heteroatoms. The molecule has 1 aliphatic rings. The Balaban J connectivity index is 2.52. The number of nitrogens with one attached hydrogen (secondary N) is 2. The number of carbonyl (C=O) groups is 2. The highest BCUT2D eigenvalue weighted by Gasteiger charge is 2.35. The van der Waals surface area contributed by atoms with Crippen molar-refractivity contribution >= 4 is 43.9 Å². The van der Waals surface area contributed by atoms with Gasteiger partial charge in [0.25, 0.3) is 0 Å². The van der Waals surface area contributed by atoms with E-state index in [0.29, 0.717) is 11.3 Å². The number of allylic oxidation sites excluding steroid dienone is 1. The molecular weight excluding hydrogens is 404 g/mol. The minimum absolute atomic E-state index is 0.264. The summed E-state index contributed by atoms with van der Waals surface area (Å²) in [6.45, 7) is 2.00. The summed E-state index contributed by atoms with van der Waals surface area (Å²) in [6, 6.07) is 8.37. The number of hydrogen-bond acceptors (Lipinski definition) is 3. The summed E-state index contributed by atoms with van der Waals surface area (Å²) in [5, 5.41) is 5.40. The number of halogens is 2. The molecule has 0 saturated carbocycles. The van der Waals surface area contributed by atoms with Crippen LogP contribution < -0.4 is 10.6 Å². The van der Waals surface area contributed by atoms with Gasteiger partial charge in [0, 0.05) is 0 Å². The van der Waals surface area contributed by atoms with Crippen molar-refractivity contribution in [3.63, 3.8) is 0 Å². The van der Waals surface area contributed by atoms with E-state index < -0.39 is 12.0 Å². The van der Waals surface area contributed by atoms with Crippen LogP contribution in [0.15, 0.2) is 41.6 Å². The maximum Gasteiger partial charge on any atom is 0.338 e. The average Bonchev–Trinajstić information content (AvgIpc) is 2.47. The Hall–Kier alpha value is -1.34. The topological polar surface area (TPSA) is 67.4 Å². The Morgan fingerprint density at radius 2 is 2.00 bits per heavy atom. The second-order valence-electron chi connectivity index (χ2n) is 4.29. The highest BCUT2D eigenvalue weighted by Crippen LogP contribution is 2.32. The molecule has 0 fully saturated rings. The number of rotatable bonds is 4. The number of urea groups is 1. The Kier molecular flexibility index (Phi) is 5.41. The third kappa shape index (κ3) is 3.65. The van der Waals surface area contributed by atoms with Crippen LogP contribution in [0.25, 0.3) is 0 Å². The predicted molar refractivity (Wildman–Crippen MR) is 86.2 cm³/mol. The number of esters is 1. The van der Waals surface area contributed by atoms with Gasteiger partial charge in [0.05, 0.1) is 23.9 Å². The first kappa shape index (κ1) is 16.0. The Morgan fingerprint density at radius 3 is 2.57 bits per heavy atom. The fourth-order valence-corrected chi connectivity index (χ4v) is 2.81. The molecule has 112 valence electrons. The van der Waals surface area contributed by atoms with Crippen molar-refractivity contribution in [1.82, 2.24) is 10.6 Å². The fourth-order valence-electron chi connectivity index (χ4n) is 2.09. The number of benzene rings is 1. The molecule has 2 N–H and O–H groups in total. The number of ether oxygens (including phenoxy) is 1. The maximum atomic E-state index is 12.3. The molecule has 5 nitrogen and oxygen atoms in total. The molecular formula is C14H14Br2N2O3. The zero-order chi connectivity index (χ0) is 15.4. The largest absolute Gasteiger partial charge is 0.463 e. The molecule has 0 aliphatic carbocycles. The molecule has 21 heavy (non-hydrogen) atoms. The molecule has 0 spiro atoms. The SMILES string of the molecule is CCOC(=O)C1=C(C(Br)Br)NC(=O)N[C@H]1c1ccccc1. The lowest BCUT2D eigenvalue weighted by molar-refractivity contribution is -0.139. The van der Waals surface area contributed by atoms with E-state index in [9.17, 15) is 9.59 Å². The second-order valence-corrected chi connectivity index (χ2v) is 7.35. The lowest BCUT2D eigenvalue weighted by Crippen LogP contribution is -2.47. The quantitative estimate of drug-likeness (QED) is 0.584. The standard InChI is InChI=1S/C14H14Br2N2O3/c1-2-21-13(19)9-10(8-6-4-3-5-7-8)17-14(20)18-11(9)12(15)16/h3-7,10,12H,2H2,1H3,(H2,17,18,20)/t10-/m0/s1. The van der Waals surface area contributed by atoms with Crippen LogP contribution in [0, 0.1) is 0 Å². The van der Waals surface area contributed by atoms with Gasteiger partial charge in [0.1, 0.15) is 3.74 Å².